The number of anilines is 3. The van der Waals surface area contributed by atoms with Crippen molar-refractivity contribution in [3.05, 3.63) is 42.4 Å². The molecule has 0 unspecified atom stereocenters. The van der Waals surface area contributed by atoms with Gasteiger partial charge in [0.2, 0.25) is 0 Å². The van der Waals surface area contributed by atoms with E-state index in [4.69, 9.17) is 5.73 Å². The number of aryl methyl sites for hydroxylation is 1. The number of nitrogen functional groups attached to an aromatic ring is 1. The van der Waals surface area contributed by atoms with Crippen LogP contribution in [0.2, 0.25) is 0 Å². The Bertz CT molecular complexity index is 450. The lowest BCUT2D eigenvalue weighted by atomic mass is 10.2. The minimum absolute atomic E-state index is 0.577. The molecular formula is C12H14N4. The van der Waals surface area contributed by atoms with E-state index >= 15 is 0 Å². The van der Waals surface area contributed by atoms with E-state index in [-0.39, 0.29) is 0 Å². The quantitative estimate of drug-likeness (QED) is 0.832. The van der Waals surface area contributed by atoms with E-state index in [9.17, 15) is 0 Å². The molecule has 0 atom stereocenters. The second-order valence-electron chi connectivity index (χ2n) is 3.65. The van der Waals surface area contributed by atoms with E-state index in [1.54, 1.807) is 6.20 Å². The summed E-state index contributed by atoms with van der Waals surface area (Å²) in [6, 6.07) is 8.10. The van der Waals surface area contributed by atoms with Crippen LogP contribution in [-0.2, 0) is 0 Å². The third kappa shape index (κ3) is 1.82. The minimum Gasteiger partial charge on any atom is -0.394 e. The zero-order valence-corrected chi connectivity index (χ0v) is 9.38. The lowest BCUT2D eigenvalue weighted by Crippen LogP contribution is -2.14. The number of nitrogens with two attached hydrogens (primary N) is 1. The summed E-state index contributed by atoms with van der Waals surface area (Å²) in [6.45, 7) is 2.06. The van der Waals surface area contributed by atoms with Gasteiger partial charge in [0, 0.05) is 12.7 Å². The summed E-state index contributed by atoms with van der Waals surface area (Å²) in [6.07, 6.45) is 3.11. The third-order valence-corrected chi connectivity index (χ3v) is 2.51. The normalized spacial score (nSPS) is 10.1. The first-order valence-corrected chi connectivity index (χ1v) is 5.05. The highest BCUT2D eigenvalue weighted by Gasteiger charge is 2.10. The summed E-state index contributed by atoms with van der Waals surface area (Å²) >= 11 is 0. The molecule has 0 saturated carbocycles. The molecule has 0 aliphatic heterocycles. The highest BCUT2D eigenvalue weighted by molar-refractivity contribution is 5.71. The van der Waals surface area contributed by atoms with Gasteiger partial charge < -0.3 is 10.6 Å². The molecule has 1 aromatic heterocycles. The predicted molar refractivity (Wildman–Crippen MR) is 65.7 cm³/mol. The molecule has 0 radical (unpaired) electrons. The van der Waals surface area contributed by atoms with Gasteiger partial charge in [0.15, 0.2) is 5.82 Å². The Morgan fingerprint density at radius 2 is 2.00 bits per heavy atom. The molecule has 1 heterocycles. The first-order chi connectivity index (χ1) is 7.70. The molecule has 82 valence electrons. The third-order valence-electron chi connectivity index (χ3n) is 2.51. The molecule has 0 aliphatic rings. The summed E-state index contributed by atoms with van der Waals surface area (Å²) in [7, 11) is 1.95. The van der Waals surface area contributed by atoms with Crippen LogP contribution in [0, 0.1) is 6.92 Å². The van der Waals surface area contributed by atoms with Crippen molar-refractivity contribution >= 4 is 17.2 Å². The van der Waals surface area contributed by atoms with Crippen molar-refractivity contribution < 1.29 is 0 Å². The molecule has 2 rings (SSSR count). The molecule has 0 aliphatic carbocycles. The van der Waals surface area contributed by atoms with Crippen LogP contribution in [0.1, 0.15) is 5.56 Å². The predicted octanol–water partition coefficient (Wildman–Crippen LogP) is 2.14. The van der Waals surface area contributed by atoms with Gasteiger partial charge in [-0.15, -0.1) is 0 Å². The Morgan fingerprint density at radius 3 is 2.69 bits per heavy atom. The topological polar surface area (TPSA) is 55.0 Å². The fraction of sp³-hybridized carbons (Fsp3) is 0.167. The van der Waals surface area contributed by atoms with E-state index in [0.29, 0.717) is 5.69 Å². The number of para-hydroxylation sites is 1. The molecule has 4 heteroatoms. The number of benzene rings is 1. The van der Waals surface area contributed by atoms with Crippen LogP contribution in [0.15, 0.2) is 36.8 Å². The molecule has 2 N–H and O–H groups in total. The summed E-state index contributed by atoms with van der Waals surface area (Å²) in [4.78, 5) is 10.0. The number of rotatable bonds is 2. The first kappa shape index (κ1) is 10.4. The van der Waals surface area contributed by atoms with Gasteiger partial charge in [-0.2, -0.15) is 0 Å². The highest BCUT2D eigenvalue weighted by Crippen LogP contribution is 2.27. The average Bonchev–Trinajstić information content (AvgIpc) is 2.29. The lowest BCUT2D eigenvalue weighted by Gasteiger charge is -2.21. The zero-order chi connectivity index (χ0) is 11.5. The second-order valence-corrected chi connectivity index (χ2v) is 3.65. The summed E-state index contributed by atoms with van der Waals surface area (Å²) in [5, 5.41) is 0. The van der Waals surface area contributed by atoms with Crippen molar-refractivity contribution in [3.63, 3.8) is 0 Å². The van der Waals surface area contributed by atoms with Crippen molar-refractivity contribution in [2.75, 3.05) is 17.7 Å². The largest absolute Gasteiger partial charge is 0.394 e. The fourth-order valence-corrected chi connectivity index (χ4v) is 1.67. The molecule has 0 saturated heterocycles. The second kappa shape index (κ2) is 4.18. The van der Waals surface area contributed by atoms with Gasteiger partial charge in [-0.3, -0.25) is 0 Å². The van der Waals surface area contributed by atoms with Crippen LogP contribution in [0.3, 0.4) is 0 Å². The molecule has 0 fully saturated rings. The monoisotopic (exact) mass is 214 g/mol. The molecule has 0 bridgehead atoms. The summed E-state index contributed by atoms with van der Waals surface area (Å²) in [5.74, 6) is 0.726. The SMILES string of the molecule is Cc1ccccc1N(C)c1ncncc1N. The Balaban J connectivity index is 2.44. The standard InChI is InChI=1S/C12H14N4/c1-9-5-3-4-6-11(9)16(2)12-10(13)7-14-8-15-12/h3-8H,13H2,1-2H3. The number of hydrogen-bond acceptors (Lipinski definition) is 4. The smallest absolute Gasteiger partial charge is 0.159 e. The van der Waals surface area contributed by atoms with Crippen LogP contribution in [0.4, 0.5) is 17.2 Å². The van der Waals surface area contributed by atoms with Gasteiger partial charge in [0.25, 0.3) is 0 Å². The Morgan fingerprint density at radius 1 is 1.25 bits per heavy atom. The van der Waals surface area contributed by atoms with Crippen molar-refractivity contribution in [2.24, 2.45) is 0 Å². The Labute approximate surface area is 94.8 Å². The zero-order valence-electron chi connectivity index (χ0n) is 9.38. The van der Waals surface area contributed by atoms with E-state index in [2.05, 4.69) is 23.0 Å². The van der Waals surface area contributed by atoms with E-state index in [1.165, 1.54) is 11.9 Å². The highest BCUT2D eigenvalue weighted by atomic mass is 15.2. The molecule has 2 aromatic rings. The van der Waals surface area contributed by atoms with Crippen molar-refractivity contribution in [1.82, 2.24) is 9.97 Å². The Kier molecular flexibility index (Phi) is 2.72. The van der Waals surface area contributed by atoms with Crippen LogP contribution in [0.5, 0.6) is 0 Å². The molecule has 0 amide bonds. The fourth-order valence-electron chi connectivity index (χ4n) is 1.67. The number of aromatic nitrogens is 2. The maximum atomic E-state index is 5.84. The number of nitrogens with zero attached hydrogens (tertiary/aromatic N) is 3. The van der Waals surface area contributed by atoms with Gasteiger partial charge >= 0.3 is 0 Å². The van der Waals surface area contributed by atoms with E-state index < -0.39 is 0 Å². The molecule has 16 heavy (non-hydrogen) atoms. The van der Waals surface area contributed by atoms with E-state index in [0.717, 1.165) is 11.5 Å². The number of hydrogen-bond donors (Lipinski definition) is 1. The first-order valence-electron chi connectivity index (χ1n) is 5.05. The Hall–Kier alpha value is -2.10. The van der Waals surface area contributed by atoms with Gasteiger partial charge in [0.1, 0.15) is 6.33 Å². The van der Waals surface area contributed by atoms with Crippen molar-refractivity contribution in [3.8, 4) is 0 Å². The molecule has 1 aromatic carbocycles. The molecular weight excluding hydrogens is 200 g/mol. The summed E-state index contributed by atoms with van der Waals surface area (Å²) < 4.78 is 0. The van der Waals surface area contributed by atoms with Crippen LogP contribution < -0.4 is 10.6 Å². The van der Waals surface area contributed by atoms with Gasteiger partial charge in [-0.25, -0.2) is 9.97 Å². The van der Waals surface area contributed by atoms with Gasteiger partial charge in [0.05, 0.1) is 11.9 Å². The molecule has 0 spiro atoms. The van der Waals surface area contributed by atoms with E-state index in [1.807, 2.05) is 30.1 Å². The van der Waals surface area contributed by atoms with Crippen LogP contribution in [0.25, 0.3) is 0 Å². The maximum Gasteiger partial charge on any atom is 0.159 e. The van der Waals surface area contributed by atoms with Crippen LogP contribution in [-0.4, -0.2) is 17.0 Å². The maximum absolute atomic E-state index is 5.84. The van der Waals surface area contributed by atoms with Gasteiger partial charge in [-0.05, 0) is 18.6 Å². The van der Waals surface area contributed by atoms with Gasteiger partial charge in [-0.1, -0.05) is 18.2 Å². The lowest BCUT2D eigenvalue weighted by molar-refractivity contribution is 1.08. The molecule has 4 nitrogen and oxygen atoms in total. The van der Waals surface area contributed by atoms with Crippen LogP contribution >= 0.6 is 0 Å². The average molecular weight is 214 g/mol. The minimum atomic E-state index is 0.577. The van der Waals surface area contributed by atoms with Crippen molar-refractivity contribution in [2.45, 2.75) is 6.92 Å². The van der Waals surface area contributed by atoms with Crippen molar-refractivity contribution in [1.29, 1.82) is 0 Å². The summed E-state index contributed by atoms with van der Waals surface area (Å²) in [5.41, 5.74) is 8.69.